The summed E-state index contributed by atoms with van der Waals surface area (Å²) >= 11 is 0. The number of methoxy groups -OCH3 is 1. The Labute approximate surface area is 138 Å². The molecular weight excluding hydrogens is 312 g/mol. The number of anilines is 1. The molecule has 2 aromatic rings. The monoisotopic (exact) mass is 328 g/mol. The van der Waals surface area contributed by atoms with E-state index in [0.29, 0.717) is 5.69 Å². The smallest absolute Gasteiger partial charge is 0.338 e. The molecule has 7 nitrogen and oxygen atoms in total. The van der Waals surface area contributed by atoms with E-state index in [1.54, 1.807) is 37.4 Å². The summed E-state index contributed by atoms with van der Waals surface area (Å²) in [6, 6.07) is 12.4. The summed E-state index contributed by atoms with van der Waals surface area (Å²) in [6.45, 7) is 0. The van der Waals surface area contributed by atoms with Crippen LogP contribution in [0.3, 0.4) is 0 Å². The highest BCUT2D eigenvalue weighted by molar-refractivity contribution is 6.12. The van der Waals surface area contributed by atoms with Crippen LogP contribution in [0, 0.1) is 0 Å². The van der Waals surface area contributed by atoms with Gasteiger partial charge in [0.15, 0.2) is 0 Å². The van der Waals surface area contributed by atoms with Crippen LogP contribution in [0.4, 0.5) is 5.69 Å². The maximum atomic E-state index is 12.7. The molecule has 0 bridgehead atoms. The lowest BCUT2D eigenvalue weighted by Gasteiger charge is -2.19. The van der Waals surface area contributed by atoms with Gasteiger partial charge in [-0.2, -0.15) is 0 Å². The lowest BCUT2D eigenvalue weighted by molar-refractivity contribution is 0.0596. The molecule has 2 amide bonds. The minimum Gasteiger partial charge on any atom is -0.465 e. The summed E-state index contributed by atoms with van der Waals surface area (Å²) in [5, 5.41) is 8.60. The van der Waals surface area contributed by atoms with Crippen LogP contribution in [0.15, 0.2) is 48.5 Å². The van der Waals surface area contributed by atoms with Gasteiger partial charge < -0.3 is 9.64 Å². The maximum absolute atomic E-state index is 12.7. The third-order valence-electron chi connectivity index (χ3n) is 3.49. The van der Waals surface area contributed by atoms with E-state index in [4.69, 9.17) is 5.21 Å². The highest BCUT2D eigenvalue weighted by Gasteiger charge is 2.21. The Morgan fingerprint density at radius 2 is 1.58 bits per heavy atom. The van der Waals surface area contributed by atoms with Crippen LogP contribution in [0.25, 0.3) is 0 Å². The molecule has 7 heteroatoms. The van der Waals surface area contributed by atoms with Crippen molar-refractivity contribution < 1.29 is 24.3 Å². The second-order valence-electron chi connectivity index (χ2n) is 4.89. The molecule has 2 N–H and O–H groups in total. The lowest BCUT2D eigenvalue weighted by atomic mass is 10.1. The minimum absolute atomic E-state index is 0.174. The van der Waals surface area contributed by atoms with Crippen molar-refractivity contribution in [1.29, 1.82) is 0 Å². The average molecular weight is 328 g/mol. The van der Waals surface area contributed by atoms with Crippen molar-refractivity contribution in [3.63, 3.8) is 0 Å². The van der Waals surface area contributed by atoms with E-state index < -0.39 is 17.8 Å². The van der Waals surface area contributed by atoms with Crippen molar-refractivity contribution in [2.24, 2.45) is 0 Å². The first-order valence-corrected chi connectivity index (χ1v) is 6.99. The number of hydrogen-bond donors (Lipinski definition) is 2. The third kappa shape index (κ3) is 3.41. The van der Waals surface area contributed by atoms with Gasteiger partial charge in [-0.15, -0.1) is 0 Å². The van der Waals surface area contributed by atoms with Crippen molar-refractivity contribution >= 4 is 23.5 Å². The van der Waals surface area contributed by atoms with Crippen LogP contribution in [0.1, 0.15) is 31.1 Å². The van der Waals surface area contributed by atoms with Crippen LogP contribution in [0.2, 0.25) is 0 Å². The minimum atomic E-state index is -0.647. The van der Waals surface area contributed by atoms with E-state index in [9.17, 15) is 14.4 Å². The standard InChI is InChI=1S/C17H16N2O5/c1-19(12-9-7-11(8-10-12)15(20)18-23)16(21)13-5-3-4-6-14(13)17(22)24-2/h3-10,23H,1-2H3,(H,18,20). The van der Waals surface area contributed by atoms with Gasteiger partial charge >= 0.3 is 5.97 Å². The predicted molar refractivity (Wildman–Crippen MR) is 86.2 cm³/mol. The molecule has 24 heavy (non-hydrogen) atoms. The van der Waals surface area contributed by atoms with Gasteiger partial charge in [-0.05, 0) is 36.4 Å². The number of carbonyl (C=O) groups is 3. The number of nitrogens with one attached hydrogen (secondary N) is 1. The van der Waals surface area contributed by atoms with E-state index in [0.717, 1.165) is 0 Å². The van der Waals surface area contributed by atoms with E-state index in [1.165, 1.54) is 35.7 Å². The van der Waals surface area contributed by atoms with Crippen LogP contribution in [0.5, 0.6) is 0 Å². The lowest BCUT2D eigenvalue weighted by Crippen LogP contribution is -2.28. The number of nitrogens with zero attached hydrogens (tertiary/aromatic N) is 1. The van der Waals surface area contributed by atoms with Gasteiger partial charge in [-0.1, -0.05) is 12.1 Å². The summed E-state index contributed by atoms with van der Waals surface area (Å²) in [6.07, 6.45) is 0. The van der Waals surface area contributed by atoms with Crippen molar-refractivity contribution in [3.05, 3.63) is 65.2 Å². The van der Waals surface area contributed by atoms with Crippen molar-refractivity contribution in [1.82, 2.24) is 5.48 Å². The number of hydrogen-bond acceptors (Lipinski definition) is 5. The number of hydroxylamine groups is 1. The van der Waals surface area contributed by atoms with Gasteiger partial charge in [-0.3, -0.25) is 14.8 Å². The summed E-state index contributed by atoms with van der Waals surface area (Å²) < 4.78 is 4.69. The number of rotatable bonds is 4. The molecule has 0 fully saturated rings. The Kier molecular flexibility index (Phi) is 5.28. The largest absolute Gasteiger partial charge is 0.465 e. The molecule has 0 unspecified atom stereocenters. The fraction of sp³-hybridized carbons (Fsp3) is 0.118. The molecule has 0 aliphatic heterocycles. The summed E-state index contributed by atoms with van der Waals surface area (Å²) in [5.41, 5.74) is 2.69. The van der Waals surface area contributed by atoms with E-state index in [2.05, 4.69) is 4.74 Å². The number of amides is 2. The van der Waals surface area contributed by atoms with Crippen LogP contribution < -0.4 is 10.4 Å². The molecule has 0 saturated carbocycles. The molecule has 2 aromatic carbocycles. The molecule has 124 valence electrons. The number of benzene rings is 2. The molecule has 0 atom stereocenters. The van der Waals surface area contributed by atoms with Gasteiger partial charge in [0.25, 0.3) is 11.8 Å². The Balaban J connectivity index is 2.30. The molecular formula is C17H16N2O5. The number of ether oxygens (including phenoxy) is 1. The topological polar surface area (TPSA) is 95.9 Å². The second kappa shape index (κ2) is 7.38. The number of esters is 1. The second-order valence-corrected chi connectivity index (χ2v) is 4.89. The highest BCUT2D eigenvalue weighted by Crippen LogP contribution is 2.19. The van der Waals surface area contributed by atoms with Gasteiger partial charge in [0.05, 0.1) is 18.2 Å². The SMILES string of the molecule is COC(=O)c1ccccc1C(=O)N(C)c1ccc(C(=O)NO)cc1. The number of carbonyl (C=O) groups excluding carboxylic acids is 3. The van der Waals surface area contributed by atoms with Crippen molar-refractivity contribution in [3.8, 4) is 0 Å². The molecule has 2 rings (SSSR count). The zero-order valence-corrected chi connectivity index (χ0v) is 13.1. The summed E-state index contributed by atoms with van der Waals surface area (Å²) in [7, 11) is 2.80. The third-order valence-corrected chi connectivity index (χ3v) is 3.49. The molecule has 0 radical (unpaired) electrons. The van der Waals surface area contributed by atoms with Gasteiger partial charge in [0.1, 0.15) is 0 Å². The van der Waals surface area contributed by atoms with Gasteiger partial charge in [-0.25, -0.2) is 10.3 Å². The van der Waals surface area contributed by atoms with E-state index in [1.807, 2.05) is 0 Å². The Morgan fingerprint density at radius 1 is 1.00 bits per heavy atom. The van der Waals surface area contributed by atoms with Crippen LogP contribution in [-0.4, -0.2) is 37.1 Å². The average Bonchev–Trinajstić information content (AvgIpc) is 2.65. The maximum Gasteiger partial charge on any atom is 0.338 e. The van der Waals surface area contributed by atoms with E-state index >= 15 is 0 Å². The van der Waals surface area contributed by atoms with Gasteiger partial charge in [0, 0.05) is 18.3 Å². The zero-order chi connectivity index (χ0) is 17.7. The Bertz CT molecular complexity index is 771. The molecule has 0 aliphatic carbocycles. The molecule has 0 saturated heterocycles. The van der Waals surface area contributed by atoms with Crippen LogP contribution in [-0.2, 0) is 4.74 Å². The molecule has 0 spiro atoms. The molecule has 0 heterocycles. The van der Waals surface area contributed by atoms with Crippen molar-refractivity contribution in [2.45, 2.75) is 0 Å². The first-order valence-electron chi connectivity index (χ1n) is 6.99. The van der Waals surface area contributed by atoms with Crippen molar-refractivity contribution in [2.75, 3.05) is 19.1 Å². The van der Waals surface area contributed by atoms with E-state index in [-0.39, 0.29) is 16.7 Å². The Morgan fingerprint density at radius 3 is 2.12 bits per heavy atom. The summed E-state index contributed by atoms with van der Waals surface area (Å²) in [5.74, 6) is -1.63. The molecule has 0 aliphatic rings. The normalized spacial score (nSPS) is 9.96. The highest BCUT2D eigenvalue weighted by atomic mass is 16.5. The Hall–Kier alpha value is -3.19. The first kappa shape index (κ1) is 17.2. The van der Waals surface area contributed by atoms with Gasteiger partial charge in [0.2, 0.25) is 0 Å². The fourth-order valence-electron chi connectivity index (χ4n) is 2.16. The fourth-order valence-corrected chi connectivity index (χ4v) is 2.16. The first-order chi connectivity index (χ1) is 11.5. The quantitative estimate of drug-likeness (QED) is 0.507. The zero-order valence-electron chi connectivity index (χ0n) is 13.1. The summed E-state index contributed by atoms with van der Waals surface area (Å²) in [4.78, 5) is 37.1. The predicted octanol–water partition coefficient (Wildman–Crippen LogP) is 1.87. The van der Waals surface area contributed by atoms with Crippen LogP contribution >= 0.6 is 0 Å². The molecule has 0 aromatic heterocycles.